The van der Waals surface area contributed by atoms with Crippen LogP contribution in [-0.2, 0) is 0 Å². The first-order valence-electron chi connectivity index (χ1n) is 8.72. The summed E-state index contributed by atoms with van der Waals surface area (Å²) >= 11 is 5.69. The molecule has 0 amide bonds. The Morgan fingerprint density at radius 1 is 1.26 bits per heavy atom. The Balaban J connectivity index is 0.00000158. The fourth-order valence-corrected chi connectivity index (χ4v) is 2.17. The van der Waals surface area contributed by atoms with Crippen LogP contribution in [0.4, 0.5) is 14.6 Å². The SMILES string of the molecule is C=CC(=C)c1cnc(N)c(OC(C)c2c(F)ccc(Cl)c2F)c1.CC.CC. The van der Waals surface area contributed by atoms with Crippen LogP contribution in [0.1, 0.15) is 51.8 Å². The van der Waals surface area contributed by atoms with E-state index >= 15 is 0 Å². The summed E-state index contributed by atoms with van der Waals surface area (Å²) in [5.41, 5.74) is 6.75. The van der Waals surface area contributed by atoms with Crippen molar-refractivity contribution in [3.63, 3.8) is 0 Å². The van der Waals surface area contributed by atoms with E-state index in [1.807, 2.05) is 27.7 Å². The molecule has 0 saturated carbocycles. The highest BCUT2D eigenvalue weighted by Gasteiger charge is 2.21. The number of hydrogen-bond acceptors (Lipinski definition) is 3. The van der Waals surface area contributed by atoms with Crippen molar-refractivity contribution in [3.8, 4) is 5.75 Å². The Bertz CT molecular complexity index is 779. The number of benzene rings is 1. The molecule has 0 saturated heterocycles. The summed E-state index contributed by atoms with van der Waals surface area (Å²) in [5, 5.41) is -0.184. The van der Waals surface area contributed by atoms with Crippen molar-refractivity contribution in [1.29, 1.82) is 0 Å². The summed E-state index contributed by atoms with van der Waals surface area (Å²) in [5.74, 6) is -1.33. The summed E-state index contributed by atoms with van der Waals surface area (Å²) in [6, 6.07) is 3.81. The van der Waals surface area contributed by atoms with Crippen LogP contribution in [-0.4, -0.2) is 4.98 Å². The normalized spacial score (nSPS) is 10.5. The smallest absolute Gasteiger partial charge is 0.166 e. The number of ether oxygens (including phenoxy) is 1. The maximum atomic E-state index is 14.1. The monoisotopic (exact) mass is 396 g/mol. The van der Waals surface area contributed by atoms with Crippen LogP contribution in [0, 0.1) is 11.6 Å². The zero-order chi connectivity index (χ0) is 21.1. The molecule has 0 aliphatic carbocycles. The lowest BCUT2D eigenvalue weighted by molar-refractivity contribution is 0.216. The number of anilines is 1. The van der Waals surface area contributed by atoms with Crippen molar-refractivity contribution < 1.29 is 13.5 Å². The second-order valence-corrected chi connectivity index (χ2v) is 5.26. The summed E-state index contributed by atoms with van der Waals surface area (Å²) in [6.07, 6.45) is 2.11. The Labute approximate surface area is 165 Å². The lowest BCUT2D eigenvalue weighted by Gasteiger charge is -2.18. The maximum absolute atomic E-state index is 14.1. The van der Waals surface area contributed by atoms with Crippen molar-refractivity contribution in [2.45, 2.75) is 40.7 Å². The van der Waals surface area contributed by atoms with E-state index in [2.05, 4.69) is 18.1 Å². The van der Waals surface area contributed by atoms with Gasteiger partial charge in [-0.05, 0) is 30.7 Å². The second kappa shape index (κ2) is 12.1. The number of nitrogens with zero attached hydrogens (tertiary/aromatic N) is 1. The molecule has 0 aliphatic rings. The second-order valence-electron chi connectivity index (χ2n) is 4.85. The van der Waals surface area contributed by atoms with E-state index in [-0.39, 0.29) is 22.2 Å². The summed E-state index contributed by atoms with van der Waals surface area (Å²) in [7, 11) is 0. The minimum absolute atomic E-state index is 0.0975. The summed E-state index contributed by atoms with van der Waals surface area (Å²) in [6.45, 7) is 16.9. The average Bonchev–Trinajstić information content (AvgIpc) is 2.69. The molecular formula is C21H27ClF2N2O. The standard InChI is InChI=1S/C17H15ClF2N2O.2C2H6/c1-4-9(2)11-7-14(17(21)22-8-11)23-10(3)15-13(19)6-5-12(18)16(15)20;2*1-2/h4-8,10H,1-2H2,3H3,(H2,21,22);2*1-2H3. The molecule has 0 fully saturated rings. The summed E-state index contributed by atoms with van der Waals surface area (Å²) < 4.78 is 33.5. The number of halogens is 3. The lowest BCUT2D eigenvalue weighted by atomic mass is 10.1. The highest BCUT2D eigenvalue weighted by Crippen LogP contribution is 2.32. The largest absolute Gasteiger partial charge is 0.482 e. The predicted octanol–water partition coefficient (Wildman–Crippen LogP) is 6.99. The van der Waals surface area contributed by atoms with E-state index in [0.717, 1.165) is 12.1 Å². The molecule has 148 valence electrons. The van der Waals surface area contributed by atoms with E-state index in [4.69, 9.17) is 22.1 Å². The molecule has 3 nitrogen and oxygen atoms in total. The van der Waals surface area contributed by atoms with Gasteiger partial charge in [0.2, 0.25) is 0 Å². The van der Waals surface area contributed by atoms with Gasteiger partial charge in [0.1, 0.15) is 11.9 Å². The van der Waals surface area contributed by atoms with Gasteiger partial charge in [0.25, 0.3) is 0 Å². The first-order chi connectivity index (χ1) is 12.8. The van der Waals surface area contributed by atoms with Crippen LogP contribution >= 0.6 is 11.6 Å². The lowest BCUT2D eigenvalue weighted by Crippen LogP contribution is -2.10. The van der Waals surface area contributed by atoms with Crippen LogP contribution in [0.25, 0.3) is 5.57 Å². The Kier molecular flexibility index (Phi) is 11.0. The van der Waals surface area contributed by atoms with Crippen LogP contribution in [0.5, 0.6) is 5.75 Å². The Morgan fingerprint density at radius 3 is 2.41 bits per heavy atom. The van der Waals surface area contributed by atoms with E-state index in [9.17, 15) is 8.78 Å². The van der Waals surface area contributed by atoms with Crippen molar-refractivity contribution in [1.82, 2.24) is 4.98 Å². The van der Waals surface area contributed by atoms with Gasteiger partial charge in [0.15, 0.2) is 17.4 Å². The third-order valence-electron chi connectivity index (χ3n) is 3.29. The first kappa shape index (κ1) is 24.6. The zero-order valence-electron chi connectivity index (χ0n) is 16.4. The highest BCUT2D eigenvalue weighted by molar-refractivity contribution is 6.30. The molecule has 1 heterocycles. The minimum Gasteiger partial charge on any atom is -0.482 e. The number of aromatic nitrogens is 1. The highest BCUT2D eigenvalue weighted by atomic mass is 35.5. The van der Waals surface area contributed by atoms with Gasteiger partial charge in [-0.15, -0.1) is 0 Å². The van der Waals surface area contributed by atoms with Crippen molar-refractivity contribution in [2.75, 3.05) is 5.73 Å². The topological polar surface area (TPSA) is 48.1 Å². The van der Waals surface area contributed by atoms with Gasteiger partial charge in [-0.3, -0.25) is 0 Å². The molecular weight excluding hydrogens is 370 g/mol. The third kappa shape index (κ3) is 6.36. The molecule has 27 heavy (non-hydrogen) atoms. The number of pyridine rings is 1. The van der Waals surface area contributed by atoms with E-state index in [1.54, 1.807) is 12.1 Å². The fourth-order valence-electron chi connectivity index (χ4n) is 2.01. The molecule has 0 bridgehead atoms. The molecule has 2 N–H and O–H groups in total. The van der Waals surface area contributed by atoms with Gasteiger partial charge in [-0.25, -0.2) is 13.8 Å². The molecule has 6 heteroatoms. The van der Waals surface area contributed by atoms with E-state index in [0.29, 0.717) is 11.1 Å². The van der Waals surface area contributed by atoms with Crippen LogP contribution < -0.4 is 10.5 Å². The van der Waals surface area contributed by atoms with Gasteiger partial charge in [0, 0.05) is 11.8 Å². The third-order valence-corrected chi connectivity index (χ3v) is 3.58. The van der Waals surface area contributed by atoms with Crippen molar-refractivity contribution in [2.24, 2.45) is 0 Å². The van der Waals surface area contributed by atoms with Gasteiger partial charge in [-0.1, -0.05) is 58.5 Å². The number of nitrogens with two attached hydrogens (primary N) is 1. The minimum atomic E-state index is -0.954. The molecule has 2 aromatic rings. The van der Waals surface area contributed by atoms with Gasteiger partial charge >= 0.3 is 0 Å². The van der Waals surface area contributed by atoms with Crippen molar-refractivity contribution >= 4 is 23.0 Å². The van der Waals surface area contributed by atoms with Crippen LogP contribution in [0.3, 0.4) is 0 Å². The molecule has 0 spiro atoms. The number of rotatable bonds is 5. The van der Waals surface area contributed by atoms with Crippen LogP contribution in [0.15, 0.2) is 43.6 Å². The van der Waals surface area contributed by atoms with Gasteiger partial charge in [-0.2, -0.15) is 0 Å². The quantitative estimate of drug-likeness (QED) is 0.437. The predicted molar refractivity (Wildman–Crippen MR) is 111 cm³/mol. The van der Waals surface area contributed by atoms with Crippen molar-refractivity contribution in [3.05, 3.63) is 71.4 Å². The summed E-state index contributed by atoms with van der Waals surface area (Å²) in [4.78, 5) is 3.99. The van der Waals surface area contributed by atoms with E-state index in [1.165, 1.54) is 13.1 Å². The molecule has 0 radical (unpaired) electrons. The fraction of sp³-hybridized carbons (Fsp3) is 0.286. The Morgan fingerprint density at radius 2 is 1.85 bits per heavy atom. The molecule has 2 rings (SSSR count). The maximum Gasteiger partial charge on any atom is 0.166 e. The average molecular weight is 397 g/mol. The molecule has 1 unspecified atom stereocenters. The molecule has 1 aromatic carbocycles. The number of nitrogen functional groups attached to an aromatic ring is 1. The number of hydrogen-bond donors (Lipinski definition) is 1. The first-order valence-corrected chi connectivity index (χ1v) is 9.10. The van der Waals surface area contributed by atoms with Gasteiger partial charge in [0.05, 0.1) is 10.6 Å². The zero-order valence-corrected chi connectivity index (χ0v) is 17.2. The van der Waals surface area contributed by atoms with Crippen LogP contribution in [0.2, 0.25) is 5.02 Å². The molecule has 1 aromatic heterocycles. The molecule has 0 aliphatic heterocycles. The Hall–Kier alpha value is -2.40. The number of allylic oxidation sites excluding steroid dienone is 2. The van der Waals surface area contributed by atoms with Gasteiger partial charge < -0.3 is 10.5 Å². The van der Waals surface area contributed by atoms with E-state index < -0.39 is 17.7 Å². The molecule has 1 atom stereocenters.